The van der Waals surface area contributed by atoms with Crippen molar-refractivity contribution in [3.05, 3.63) is 47.0 Å². The molecule has 5 nitrogen and oxygen atoms in total. The van der Waals surface area contributed by atoms with E-state index in [1.54, 1.807) is 31.4 Å². The van der Waals surface area contributed by atoms with Crippen molar-refractivity contribution in [2.45, 2.75) is 12.8 Å². The van der Waals surface area contributed by atoms with E-state index < -0.39 is 0 Å². The third-order valence-corrected chi connectivity index (χ3v) is 5.16. The normalized spacial score (nSPS) is 14.3. The van der Waals surface area contributed by atoms with Crippen LogP contribution in [0.5, 0.6) is 5.75 Å². The molecule has 1 aliphatic rings. The smallest absolute Gasteiger partial charge is 0.226 e. The lowest BCUT2D eigenvalue weighted by molar-refractivity contribution is 0.103. The fourth-order valence-electron chi connectivity index (χ4n) is 2.94. The molecule has 0 bridgehead atoms. The second-order valence-electron chi connectivity index (χ2n) is 5.76. The molecule has 3 heterocycles. The van der Waals surface area contributed by atoms with E-state index >= 15 is 0 Å². The Morgan fingerprint density at radius 2 is 1.88 bits per heavy atom. The van der Waals surface area contributed by atoms with Crippen LogP contribution >= 0.6 is 11.3 Å². The van der Waals surface area contributed by atoms with Crippen molar-refractivity contribution in [3.63, 3.8) is 0 Å². The van der Waals surface area contributed by atoms with Gasteiger partial charge in [0.1, 0.15) is 11.4 Å². The molecule has 0 atom stereocenters. The van der Waals surface area contributed by atoms with Crippen LogP contribution in [0.4, 0.5) is 5.95 Å². The number of rotatable bonds is 4. The average molecular weight is 339 g/mol. The first kappa shape index (κ1) is 15.1. The number of hydrogen-bond acceptors (Lipinski definition) is 6. The zero-order valence-electron chi connectivity index (χ0n) is 13.4. The molecule has 1 saturated heterocycles. The van der Waals surface area contributed by atoms with Gasteiger partial charge in [-0.2, -0.15) is 0 Å². The number of anilines is 1. The Kier molecular flexibility index (Phi) is 3.90. The molecular formula is C18H17N3O2S. The number of carbonyl (C=O) groups is 1. The van der Waals surface area contributed by atoms with Gasteiger partial charge in [-0.3, -0.25) is 4.79 Å². The summed E-state index contributed by atoms with van der Waals surface area (Å²) in [5.74, 6) is 1.32. The molecular weight excluding hydrogens is 322 g/mol. The highest BCUT2D eigenvalue weighted by Crippen LogP contribution is 2.28. The number of ether oxygens (including phenoxy) is 1. The number of carbonyl (C=O) groups excluding carboxylic acids is 1. The Morgan fingerprint density at radius 3 is 2.58 bits per heavy atom. The van der Waals surface area contributed by atoms with E-state index in [9.17, 15) is 4.79 Å². The quantitative estimate of drug-likeness (QED) is 0.681. The van der Waals surface area contributed by atoms with Gasteiger partial charge in [0.15, 0.2) is 0 Å². The summed E-state index contributed by atoms with van der Waals surface area (Å²) in [4.78, 5) is 24.4. The molecule has 2 aromatic heterocycles. The number of thiophene rings is 1. The zero-order chi connectivity index (χ0) is 16.5. The number of ketones is 1. The molecule has 122 valence electrons. The summed E-state index contributed by atoms with van der Waals surface area (Å²) in [6.07, 6.45) is 2.29. The molecule has 0 saturated carbocycles. The van der Waals surface area contributed by atoms with E-state index in [-0.39, 0.29) is 5.78 Å². The van der Waals surface area contributed by atoms with Crippen LogP contribution in [-0.4, -0.2) is 36.0 Å². The van der Waals surface area contributed by atoms with Crippen LogP contribution in [0.15, 0.2) is 35.7 Å². The lowest BCUT2D eigenvalue weighted by atomic mass is 10.1. The molecule has 0 spiro atoms. The number of fused-ring (bicyclic) bond motifs is 1. The van der Waals surface area contributed by atoms with Crippen molar-refractivity contribution in [2.75, 3.05) is 25.1 Å². The van der Waals surface area contributed by atoms with Gasteiger partial charge in [0.05, 0.1) is 17.3 Å². The second kappa shape index (κ2) is 6.20. The number of aromatic nitrogens is 2. The topological polar surface area (TPSA) is 55.3 Å². The van der Waals surface area contributed by atoms with Crippen molar-refractivity contribution < 1.29 is 9.53 Å². The molecule has 0 radical (unpaired) electrons. The Labute approximate surface area is 143 Å². The molecule has 24 heavy (non-hydrogen) atoms. The van der Waals surface area contributed by atoms with Crippen LogP contribution in [0.2, 0.25) is 0 Å². The van der Waals surface area contributed by atoms with Crippen LogP contribution in [0.25, 0.3) is 10.2 Å². The van der Waals surface area contributed by atoms with E-state index in [0.717, 1.165) is 41.9 Å². The molecule has 3 aromatic rings. The van der Waals surface area contributed by atoms with Crippen molar-refractivity contribution in [1.82, 2.24) is 9.97 Å². The van der Waals surface area contributed by atoms with Gasteiger partial charge < -0.3 is 9.64 Å². The molecule has 0 aliphatic carbocycles. The first-order valence-corrected chi connectivity index (χ1v) is 8.83. The SMILES string of the molecule is COc1ccc(C(=O)c2nc(N3CCCC3)nc3ccsc23)cc1. The van der Waals surface area contributed by atoms with Crippen LogP contribution in [0, 0.1) is 0 Å². The van der Waals surface area contributed by atoms with Gasteiger partial charge in [0.25, 0.3) is 0 Å². The van der Waals surface area contributed by atoms with Gasteiger partial charge in [-0.15, -0.1) is 11.3 Å². The highest BCUT2D eigenvalue weighted by atomic mass is 32.1. The maximum atomic E-state index is 13.0. The van der Waals surface area contributed by atoms with Crippen molar-refractivity contribution in [2.24, 2.45) is 0 Å². The standard InChI is InChI=1S/C18H17N3O2S/c1-23-13-6-4-12(5-7-13)16(22)15-17-14(8-11-24-17)19-18(20-15)21-9-2-3-10-21/h4-8,11H,2-3,9-10H2,1H3. The second-order valence-corrected chi connectivity index (χ2v) is 6.68. The number of hydrogen-bond donors (Lipinski definition) is 0. The van der Waals surface area contributed by atoms with Crippen molar-refractivity contribution in [3.8, 4) is 5.75 Å². The van der Waals surface area contributed by atoms with Crippen LogP contribution in [0.3, 0.4) is 0 Å². The Bertz CT molecular complexity index is 883. The predicted molar refractivity (Wildman–Crippen MR) is 95.3 cm³/mol. The maximum Gasteiger partial charge on any atom is 0.226 e. The fraction of sp³-hybridized carbons (Fsp3) is 0.278. The lowest BCUT2D eigenvalue weighted by Crippen LogP contribution is -2.21. The predicted octanol–water partition coefficient (Wildman–Crippen LogP) is 3.53. The molecule has 0 unspecified atom stereocenters. The highest BCUT2D eigenvalue weighted by molar-refractivity contribution is 7.17. The van der Waals surface area contributed by atoms with Crippen molar-refractivity contribution in [1.29, 1.82) is 0 Å². The van der Waals surface area contributed by atoms with Gasteiger partial charge in [-0.25, -0.2) is 9.97 Å². The van der Waals surface area contributed by atoms with Gasteiger partial charge in [0, 0.05) is 18.7 Å². The summed E-state index contributed by atoms with van der Waals surface area (Å²) >= 11 is 1.51. The van der Waals surface area contributed by atoms with E-state index in [1.165, 1.54) is 11.3 Å². The monoisotopic (exact) mass is 339 g/mol. The maximum absolute atomic E-state index is 13.0. The minimum atomic E-state index is -0.0760. The van der Waals surface area contributed by atoms with Crippen molar-refractivity contribution >= 4 is 33.3 Å². The Morgan fingerprint density at radius 1 is 1.12 bits per heavy atom. The molecule has 0 amide bonds. The van der Waals surface area contributed by atoms with E-state index in [0.29, 0.717) is 17.2 Å². The summed E-state index contributed by atoms with van der Waals surface area (Å²) in [7, 11) is 1.61. The van der Waals surface area contributed by atoms with Gasteiger partial charge in [-0.05, 0) is 48.6 Å². The van der Waals surface area contributed by atoms with Crippen LogP contribution in [0.1, 0.15) is 28.9 Å². The Hall–Kier alpha value is -2.47. The fourth-order valence-corrected chi connectivity index (χ4v) is 3.76. The summed E-state index contributed by atoms with van der Waals surface area (Å²) in [6.45, 7) is 1.90. The van der Waals surface area contributed by atoms with Crippen LogP contribution < -0.4 is 9.64 Å². The summed E-state index contributed by atoms with van der Waals surface area (Å²) in [6, 6.07) is 9.09. The van der Waals surface area contributed by atoms with Gasteiger partial charge >= 0.3 is 0 Å². The Balaban J connectivity index is 1.78. The third kappa shape index (κ3) is 2.63. The largest absolute Gasteiger partial charge is 0.497 e. The highest BCUT2D eigenvalue weighted by Gasteiger charge is 2.22. The van der Waals surface area contributed by atoms with E-state index in [4.69, 9.17) is 4.74 Å². The summed E-state index contributed by atoms with van der Waals surface area (Å²) in [5.41, 5.74) is 1.94. The summed E-state index contributed by atoms with van der Waals surface area (Å²) in [5, 5.41) is 1.96. The third-order valence-electron chi connectivity index (χ3n) is 4.25. The molecule has 1 fully saturated rings. The summed E-state index contributed by atoms with van der Waals surface area (Å²) < 4.78 is 6.00. The number of nitrogens with zero attached hydrogens (tertiary/aromatic N) is 3. The van der Waals surface area contributed by atoms with E-state index in [2.05, 4.69) is 14.9 Å². The first-order chi connectivity index (χ1) is 11.8. The first-order valence-electron chi connectivity index (χ1n) is 7.95. The number of methoxy groups -OCH3 is 1. The zero-order valence-corrected chi connectivity index (χ0v) is 14.2. The van der Waals surface area contributed by atoms with Gasteiger partial charge in [-0.1, -0.05) is 0 Å². The molecule has 1 aromatic carbocycles. The van der Waals surface area contributed by atoms with Crippen LogP contribution in [-0.2, 0) is 0 Å². The number of benzene rings is 1. The minimum Gasteiger partial charge on any atom is -0.497 e. The molecule has 0 N–H and O–H groups in total. The van der Waals surface area contributed by atoms with E-state index in [1.807, 2.05) is 11.4 Å². The van der Waals surface area contributed by atoms with Gasteiger partial charge in [0.2, 0.25) is 11.7 Å². The molecule has 1 aliphatic heterocycles. The minimum absolute atomic E-state index is 0.0760. The molecule has 6 heteroatoms. The lowest BCUT2D eigenvalue weighted by Gasteiger charge is -2.16. The molecule has 4 rings (SSSR count). The average Bonchev–Trinajstić information content (AvgIpc) is 3.31.